The summed E-state index contributed by atoms with van der Waals surface area (Å²) >= 11 is 0. The normalized spacial score (nSPS) is 24.7. The number of hydrogen-bond acceptors (Lipinski definition) is 3. The number of aldehydes is 1. The van der Waals surface area contributed by atoms with Gasteiger partial charge in [-0.2, -0.15) is 0 Å². The molecule has 1 N–H and O–H groups in total. The summed E-state index contributed by atoms with van der Waals surface area (Å²) in [6, 6.07) is 0. The van der Waals surface area contributed by atoms with Crippen molar-refractivity contribution in [1.82, 2.24) is 4.90 Å². The van der Waals surface area contributed by atoms with Crippen LogP contribution in [0.3, 0.4) is 0 Å². The molecule has 11 heavy (non-hydrogen) atoms. The van der Waals surface area contributed by atoms with Gasteiger partial charge in [0.15, 0.2) is 6.29 Å². The molecule has 1 aliphatic heterocycles. The molecule has 0 bridgehead atoms. The third kappa shape index (κ3) is 1.91. The van der Waals surface area contributed by atoms with Gasteiger partial charge in [0.1, 0.15) is 6.10 Å². The molecule has 62 valence electrons. The van der Waals surface area contributed by atoms with Crippen molar-refractivity contribution >= 4 is 12.4 Å². The van der Waals surface area contributed by atoms with Gasteiger partial charge in [-0.25, -0.2) is 4.79 Å². The molecule has 5 nitrogen and oxygen atoms in total. The standard InChI is InChI=1S/C6H9NO4/c8-4-5-3-7(6(9)10)1-2-11-5/h4-5H,1-3H2,(H,9,10)/t5-/m0/s1. The topological polar surface area (TPSA) is 66.8 Å². The van der Waals surface area contributed by atoms with Gasteiger partial charge >= 0.3 is 6.09 Å². The first kappa shape index (κ1) is 8.00. The number of ether oxygens (including phenoxy) is 1. The number of amides is 1. The fraction of sp³-hybridized carbons (Fsp3) is 0.667. The fourth-order valence-corrected chi connectivity index (χ4v) is 0.932. The van der Waals surface area contributed by atoms with Gasteiger partial charge in [-0.1, -0.05) is 0 Å². The lowest BCUT2D eigenvalue weighted by molar-refractivity contribution is -0.122. The molecule has 1 rings (SSSR count). The minimum atomic E-state index is -1.000. The van der Waals surface area contributed by atoms with Crippen LogP contribution in [-0.2, 0) is 9.53 Å². The molecule has 1 fully saturated rings. The number of morpholine rings is 1. The van der Waals surface area contributed by atoms with Crippen LogP contribution in [0.1, 0.15) is 0 Å². The van der Waals surface area contributed by atoms with Crippen LogP contribution in [0, 0.1) is 0 Å². The number of carbonyl (C=O) groups excluding carboxylic acids is 1. The predicted octanol–water partition coefficient (Wildman–Crippen LogP) is -0.436. The molecule has 1 heterocycles. The van der Waals surface area contributed by atoms with Crippen molar-refractivity contribution in [3.8, 4) is 0 Å². The smallest absolute Gasteiger partial charge is 0.407 e. The maximum atomic E-state index is 10.4. The van der Waals surface area contributed by atoms with Crippen molar-refractivity contribution < 1.29 is 19.4 Å². The number of hydrogen-bond donors (Lipinski definition) is 1. The van der Waals surface area contributed by atoms with E-state index < -0.39 is 12.2 Å². The first-order chi connectivity index (χ1) is 5.24. The Morgan fingerprint density at radius 1 is 1.73 bits per heavy atom. The highest BCUT2D eigenvalue weighted by molar-refractivity contribution is 5.66. The van der Waals surface area contributed by atoms with E-state index in [0.29, 0.717) is 19.4 Å². The van der Waals surface area contributed by atoms with Crippen molar-refractivity contribution in [3.63, 3.8) is 0 Å². The lowest BCUT2D eigenvalue weighted by atomic mass is 10.3. The van der Waals surface area contributed by atoms with Crippen LogP contribution in [0.15, 0.2) is 0 Å². The third-order valence-corrected chi connectivity index (χ3v) is 1.52. The Labute approximate surface area is 63.5 Å². The molecule has 1 amide bonds. The van der Waals surface area contributed by atoms with Crippen LogP contribution in [0.5, 0.6) is 0 Å². The number of rotatable bonds is 1. The van der Waals surface area contributed by atoms with E-state index >= 15 is 0 Å². The molecule has 5 heteroatoms. The van der Waals surface area contributed by atoms with Crippen molar-refractivity contribution in [2.45, 2.75) is 6.10 Å². The van der Waals surface area contributed by atoms with Gasteiger partial charge in [0.25, 0.3) is 0 Å². The zero-order chi connectivity index (χ0) is 8.27. The molecule has 1 aliphatic rings. The van der Waals surface area contributed by atoms with Crippen LogP contribution in [0.25, 0.3) is 0 Å². The Hall–Kier alpha value is -1.10. The highest BCUT2D eigenvalue weighted by Gasteiger charge is 2.22. The zero-order valence-electron chi connectivity index (χ0n) is 5.90. The number of carboxylic acid groups (broad SMARTS) is 1. The highest BCUT2D eigenvalue weighted by Crippen LogP contribution is 2.02. The van der Waals surface area contributed by atoms with E-state index in [1.165, 1.54) is 4.90 Å². The predicted molar refractivity (Wildman–Crippen MR) is 35.4 cm³/mol. The average molecular weight is 159 g/mol. The van der Waals surface area contributed by atoms with Crippen LogP contribution in [0.2, 0.25) is 0 Å². The minimum Gasteiger partial charge on any atom is -0.465 e. The van der Waals surface area contributed by atoms with Crippen molar-refractivity contribution in [3.05, 3.63) is 0 Å². The van der Waals surface area contributed by atoms with E-state index in [1.807, 2.05) is 0 Å². The van der Waals surface area contributed by atoms with Gasteiger partial charge in [0.2, 0.25) is 0 Å². The number of nitrogens with zero attached hydrogens (tertiary/aromatic N) is 1. The summed E-state index contributed by atoms with van der Waals surface area (Å²) in [5, 5.41) is 8.51. The lowest BCUT2D eigenvalue weighted by Crippen LogP contribution is -2.45. The molecule has 0 aromatic rings. The van der Waals surface area contributed by atoms with Crippen molar-refractivity contribution in [2.24, 2.45) is 0 Å². The molecule has 0 unspecified atom stereocenters. The SMILES string of the molecule is O=C[C@@H]1CN(C(=O)O)CCO1. The van der Waals surface area contributed by atoms with Gasteiger partial charge < -0.3 is 19.5 Å². The molecule has 1 atom stereocenters. The van der Waals surface area contributed by atoms with Crippen LogP contribution < -0.4 is 0 Å². The second kappa shape index (κ2) is 3.34. The minimum absolute atomic E-state index is 0.152. The summed E-state index contributed by atoms with van der Waals surface area (Å²) in [6.07, 6.45) is -0.963. The molecule has 0 spiro atoms. The summed E-state index contributed by atoms with van der Waals surface area (Å²) in [6.45, 7) is 0.800. The Bertz CT molecular complexity index is 170. The van der Waals surface area contributed by atoms with Crippen LogP contribution in [-0.4, -0.2) is 48.2 Å². The fourth-order valence-electron chi connectivity index (χ4n) is 0.932. The van der Waals surface area contributed by atoms with E-state index in [1.54, 1.807) is 0 Å². The van der Waals surface area contributed by atoms with Gasteiger partial charge in [-0.05, 0) is 0 Å². The number of carbonyl (C=O) groups is 2. The van der Waals surface area contributed by atoms with E-state index in [4.69, 9.17) is 9.84 Å². The Morgan fingerprint density at radius 2 is 2.45 bits per heavy atom. The summed E-state index contributed by atoms with van der Waals surface area (Å²) < 4.78 is 4.93. The van der Waals surface area contributed by atoms with Crippen LogP contribution >= 0.6 is 0 Å². The zero-order valence-corrected chi connectivity index (χ0v) is 5.90. The van der Waals surface area contributed by atoms with E-state index in [-0.39, 0.29) is 6.54 Å². The van der Waals surface area contributed by atoms with Gasteiger partial charge in [-0.3, -0.25) is 0 Å². The third-order valence-electron chi connectivity index (χ3n) is 1.52. The van der Waals surface area contributed by atoms with E-state index in [2.05, 4.69) is 0 Å². The molecule has 0 aliphatic carbocycles. The average Bonchev–Trinajstić information content (AvgIpc) is 2.05. The lowest BCUT2D eigenvalue weighted by Gasteiger charge is -2.27. The molecular weight excluding hydrogens is 150 g/mol. The first-order valence-corrected chi connectivity index (χ1v) is 3.29. The summed E-state index contributed by atoms with van der Waals surface area (Å²) in [5.74, 6) is 0. The maximum absolute atomic E-state index is 10.4. The maximum Gasteiger partial charge on any atom is 0.407 e. The molecule has 0 aromatic carbocycles. The Kier molecular flexibility index (Phi) is 2.43. The molecule has 0 aromatic heterocycles. The summed E-state index contributed by atoms with van der Waals surface area (Å²) in [5.41, 5.74) is 0. The second-order valence-corrected chi connectivity index (χ2v) is 2.27. The van der Waals surface area contributed by atoms with Crippen molar-refractivity contribution in [1.29, 1.82) is 0 Å². The van der Waals surface area contributed by atoms with E-state index in [0.717, 1.165) is 0 Å². The molecule has 0 radical (unpaired) electrons. The van der Waals surface area contributed by atoms with Crippen molar-refractivity contribution in [2.75, 3.05) is 19.7 Å². The molecule has 1 saturated heterocycles. The van der Waals surface area contributed by atoms with Gasteiger partial charge in [-0.15, -0.1) is 0 Å². The van der Waals surface area contributed by atoms with Crippen LogP contribution in [0.4, 0.5) is 4.79 Å². The van der Waals surface area contributed by atoms with E-state index in [9.17, 15) is 9.59 Å². The summed E-state index contributed by atoms with van der Waals surface area (Å²) in [4.78, 5) is 21.7. The van der Waals surface area contributed by atoms with Gasteiger partial charge in [0, 0.05) is 6.54 Å². The molecular formula is C6H9NO4. The molecule has 0 saturated carbocycles. The largest absolute Gasteiger partial charge is 0.465 e. The first-order valence-electron chi connectivity index (χ1n) is 3.29. The Balaban J connectivity index is 2.45. The highest BCUT2D eigenvalue weighted by atomic mass is 16.5. The second-order valence-electron chi connectivity index (χ2n) is 2.27. The Morgan fingerprint density at radius 3 is 3.00 bits per heavy atom. The monoisotopic (exact) mass is 159 g/mol. The quantitative estimate of drug-likeness (QED) is 0.527. The van der Waals surface area contributed by atoms with Gasteiger partial charge in [0.05, 0.1) is 13.2 Å². The summed E-state index contributed by atoms with van der Waals surface area (Å²) in [7, 11) is 0.